The van der Waals surface area contributed by atoms with Crippen molar-refractivity contribution in [1.29, 1.82) is 0 Å². The van der Waals surface area contributed by atoms with Crippen LogP contribution in [0.3, 0.4) is 0 Å². The Balaban J connectivity index is 2.14. The number of carbonyl (C=O) groups excluding carboxylic acids is 1. The number of carbonyl (C=O) groups is 1. The summed E-state index contributed by atoms with van der Waals surface area (Å²) < 4.78 is 15.7. The number of ether oxygens (including phenoxy) is 3. The standard InChI is InChI=1S/C15H20ClNO4/c1-19-12-7-14(21-3)13(20-2)6-10(12)15(18)17-8-11(16)9-4-5-9/h6-7,9,11H,4-5,8H2,1-3H3,(H,17,18). The first-order valence-corrected chi connectivity index (χ1v) is 7.26. The van der Waals surface area contributed by atoms with Crippen molar-refractivity contribution in [2.75, 3.05) is 27.9 Å². The van der Waals surface area contributed by atoms with E-state index in [-0.39, 0.29) is 11.3 Å². The Bertz CT molecular complexity index is 517. The Kier molecular flexibility index (Phi) is 5.17. The number of benzene rings is 1. The number of nitrogens with one attached hydrogen (secondary N) is 1. The molecule has 1 atom stereocenters. The first kappa shape index (κ1) is 15.8. The Labute approximate surface area is 129 Å². The molecule has 0 saturated heterocycles. The summed E-state index contributed by atoms with van der Waals surface area (Å²) in [6.07, 6.45) is 2.29. The predicted molar refractivity (Wildman–Crippen MR) is 80.8 cm³/mol. The molecule has 116 valence electrons. The van der Waals surface area contributed by atoms with Crippen LogP contribution in [0, 0.1) is 5.92 Å². The van der Waals surface area contributed by atoms with Gasteiger partial charge in [0, 0.05) is 18.7 Å². The van der Waals surface area contributed by atoms with Gasteiger partial charge in [-0.25, -0.2) is 0 Å². The van der Waals surface area contributed by atoms with Gasteiger partial charge in [-0.15, -0.1) is 11.6 Å². The Morgan fingerprint density at radius 1 is 1.19 bits per heavy atom. The molecule has 5 nitrogen and oxygen atoms in total. The lowest BCUT2D eigenvalue weighted by Crippen LogP contribution is -2.30. The Morgan fingerprint density at radius 2 is 1.76 bits per heavy atom. The van der Waals surface area contributed by atoms with Gasteiger partial charge in [0.25, 0.3) is 5.91 Å². The average Bonchev–Trinajstić information content (AvgIpc) is 3.35. The Morgan fingerprint density at radius 3 is 2.29 bits per heavy atom. The van der Waals surface area contributed by atoms with Gasteiger partial charge < -0.3 is 19.5 Å². The summed E-state index contributed by atoms with van der Waals surface area (Å²) in [6, 6.07) is 3.24. The molecule has 6 heteroatoms. The van der Waals surface area contributed by atoms with E-state index in [9.17, 15) is 4.79 Å². The summed E-state index contributed by atoms with van der Waals surface area (Å²) in [7, 11) is 4.56. The van der Waals surface area contributed by atoms with E-state index in [1.807, 2.05) is 0 Å². The zero-order chi connectivity index (χ0) is 15.4. The minimum atomic E-state index is -0.237. The highest BCUT2D eigenvalue weighted by molar-refractivity contribution is 6.21. The quantitative estimate of drug-likeness (QED) is 0.786. The van der Waals surface area contributed by atoms with Crippen molar-refractivity contribution in [3.05, 3.63) is 17.7 Å². The maximum Gasteiger partial charge on any atom is 0.255 e. The van der Waals surface area contributed by atoms with Gasteiger partial charge in [-0.1, -0.05) is 0 Å². The molecule has 1 aromatic carbocycles. The molecule has 0 aliphatic heterocycles. The number of alkyl halides is 1. The molecule has 1 saturated carbocycles. The molecule has 0 bridgehead atoms. The van der Waals surface area contributed by atoms with Gasteiger partial charge >= 0.3 is 0 Å². The second-order valence-electron chi connectivity index (χ2n) is 4.97. The molecule has 1 amide bonds. The van der Waals surface area contributed by atoms with Crippen molar-refractivity contribution in [3.63, 3.8) is 0 Å². The summed E-state index contributed by atoms with van der Waals surface area (Å²) in [5.74, 6) is 1.72. The lowest BCUT2D eigenvalue weighted by molar-refractivity contribution is 0.0949. The lowest BCUT2D eigenvalue weighted by atomic mass is 10.1. The van der Waals surface area contributed by atoms with Gasteiger partial charge in [0.1, 0.15) is 5.75 Å². The van der Waals surface area contributed by atoms with Crippen molar-refractivity contribution >= 4 is 17.5 Å². The van der Waals surface area contributed by atoms with Crippen LogP contribution >= 0.6 is 11.6 Å². The SMILES string of the molecule is COc1cc(OC)c(C(=O)NCC(Cl)C2CC2)cc1OC. The molecule has 0 heterocycles. The molecule has 2 rings (SSSR count). The van der Waals surface area contributed by atoms with E-state index in [1.54, 1.807) is 12.1 Å². The molecule has 21 heavy (non-hydrogen) atoms. The molecule has 1 aliphatic carbocycles. The average molecular weight is 314 g/mol. The number of rotatable bonds is 7. The van der Waals surface area contributed by atoms with E-state index in [1.165, 1.54) is 21.3 Å². The minimum absolute atomic E-state index is 0.0138. The van der Waals surface area contributed by atoms with Crippen molar-refractivity contribution in [2.24, 2.45) is 5.92 Å². The van der Waals surface area contributed by atoms with Crippen LogP contribution in [0.25, 0.3) is 0 Å². The van der Waals surface area contributed by atoms with Gasteiger partial charge in [0.05, 0.1) is 32.3 Å². The number of hydrogen-bond donors (Lipinski definition) is 1. The smallest absolute Gasteiger partial charge is 0.255 e. The molecule has 1 fully saturated rings. The van der Waals surface area contributed by atoms with Crippen LogP contribution in [0.5, 0.6) is 17.2 Å². The van der Waals surface area contributed by atoms with Crippen LogP contribution in [-0.2, 0) is 0 Å². The van der Waals surface area contributed by atoms with Crippen LogP contribution in [0.4, 0.5) is 0 Å². The topological polar surface area (TPSA) is 56.8 Å². The highest BCUT2D eigenvalue weighted by atomic mass is 35.5. The molecule has 0 spiro atoms. The van der Waals surface area contributed by atoms with Crippen molar-refractivity contribution in [1.82, 2.24) is 5.32 Å². The van der Waals surface area contributed by atoms with Gasteiger partial charge in [-0.2, -0.15) is 0 Å². The summed E-state index contributed by atoms with van der Waals surface area (Å²) >= 11 is 6.20. The van der Waals surface area contributed by atoms with E-state index in [2.05, 4.69) is 5.32 Å². The van der Waals surface area contributed by atoms with Crippen LogP contribution in [0.15, 0.2) is 12.1 Å². The van der Waals surface area contributed by atoms with Crippen LogP contribution in [0.2, 0.25) is 0 Å². The monoisotopic (exact) mass is 313 g/mol. The van der Waals surface area contributed by atoms with Crippen molar-refractivity contribution in [3.8, 4) is 17.2 Å². The molecule has 1 aromatic rings. The fraction of sp³-hybridized carbons (Fsp3) is 0.533. The van der Waals surface area contributed by atoms with Crippen molar-refractivity contribution in [2.45, 2.75) is 18.2 Å². The summed E-state index contributed by atoms with van der Waals surface area (Å²) in [4.78, 5) is 12.3. The zero-order valence-electron chi connectivity index (χ0n) is 12.4. The first-order chi connectivity index (χ1) is 10.1. The molecule has 0 radical (unpaired) electrons. The number of amides is 1. The van der Waals surface area contributed by atoms with Gasteiger partial charge in [0.15, 0.2) is 11.5 Å². The van der Waals surface area contributed by atoms with E-state index < -0.39 is 0 Å². The van der Waals surface area contributed by atoms with Gasteiger partial charge in [-0.3, -0.25) is 4.79 Å². The second kappa shape index (κ2) is 6.89. The highest BCUT2D eigenvalue weighted by Gasteiger charge is 2.30. The zero-order valence-corrected chi connectivity index (χ0v) is 13.2. The van der Waals surface area contributed by atoms with Crippen LogP contribution < -0.4 is 19.5 Å². The molecule has 1 unspecified atom stereocenters. The first-order valence-electron chi connectivity index (χ1n) is 6.83. The molecular weight excluding hydrogens is 294 g/mol. The highest BCUT2D eigenvalue weighted by Crippen LogP contribution is 2.36. The maximum atomic E-state index is 12.3. The molecule has 0 aromatic heterocycles. The molecule has 1 aliphatic rings. The van der Waals surface area contributed by atoms with Gasteiger partial charge in [0.2, 0.25) is 0 Å². The van der Waals surface area contributed by atoms with E-state index in [0.29, 0.717) is 35.3 Å². The van der Waals surface area contributed by atoms with Crippen LogP contribution in [0.1, 0.15) is 23.2 Å². The third-order valence-corrected chi connectivity index (χ3v) is 4.05. The minimum Gasteiger partial charge on any atom is -0.496 e. The largest absolute Gasteiger partial charge is 0.496 e. The van der Waals surface area contributed by atoms with E-state index in [4.69, 9.17) is 25.8 Å². The lowest BCUT2D eigenvalue weighted by Gasteiger charge is -2.15. The van der Waals surface area contributed by atoms with Crippen molar-refractivity contribution < 1.29 is 19.0 Å². The predicted octanol–water partition coefficient (Wildman–Crippen LogP) is 2.46. The fourth-order valence-corrected chi connectivity index (χ4v) is 2.45. The van der Waals surface area contributed by atoms with E-state index >= 15 is 0 Å². The molecule has 1 N–H and O–H groups in total. The fourth-order valence-electron chi connectivity index (χ4n) is 2.12. The normalized spacial score (nSPS) is 15.2. The van der Waals surface area contributed by atoms with Crippen LogP contribution in [-0.4, -0.2) is 39.2 Å². The van der Waals surface area contributed by atoms with Gasteiger partial charge in [-0.05, 0) is 18.8 Å². The summed E-state index contributed by atoms with van der Waals surface area (Å²) in [5.41, 5.74) is 0.398. The third kappa shape index (κ3) is 3.73. The number of halogens is 1. The Hall–Kier alpha value is -1.62. The number of methoxy groups -OCH3 is 3. The molecular formula is C15H20ClNO4. The summed E-state index contributed by atoms with van der Waals surface area (Å²) in [5, 5.41) is 2.82. The third-order valence-electron chi connectivity index (χ3n) is 3.54. The summed E-state index contributed by atoms with van der Waals surface area (Å²) in [6.45, 7) is 0.447. The maximum absolute atomic E-state index is 12.3. The second-order valence-corrected chi connectivity index (χ2v) is 5.53. The van der Waals surface area contributed by atoms with E-state index in [0.717, 1.165) is 12.8 Å². The number of hydrogen-bond acceptors (Lipinski definition) is 4.